The van der Waals surface area contributed by atoms with Gasteiger partial charge in [0, 0.05) is 32.8 Å². The highest BCUT2D eigenvalue weighted by molar-refractivity contribution is 8.79. The highest BCUT2D eigenvalue weighted by atomic mass is 33.1. The number of hydrogen-bond donors (Lipinski definition) is 0. The maximum absolute atomic E-state index is 12.4. The Morgan fingerprint density at radius 1 is 1.17 bits per heavy atom. The number of rotatable bonds is 8. The minimum atomic E-state index is -0.714. The molecule has 0 aromatic heterocycles. The van der Waals surface area contributed by atoms with Crippen LogP contribution in [0.3, 0.4) is 0 Å². The summed E-state index contributed by atoms with van der Waals surface area (Å²) in [5, 5.41) is 0.836. The summed E-state index contributed by atoms with van der Waals surface area (Å²) >= 11 is 0. The fourth-order valence-electron chi connectivity index (χ4n) is 1.55. The van der Waals surface area contributed by atoms with Gasteiger partial charge in [-0.3, -0.25) is 4.21 Å². The van der Waals surface area contributed by atoms with Gasteiger partial charge in [0.15, 0.2) is 0 Å². The van der Waals surface area contributed by atoms with Gasteiger partial charge in [0.05, 0.1) is 0 Å². The molecule has 18 heavy (non-hydrogen) atoms. The van der Waals surface area contributed by atoms with Crippen molar-refractivity contribution < 1.29 is 4.21 Å². The molecule has 6 heteroatoms. The number of hydrogen-bond acceptors (Lipinski definition) is 5. The second-order valence-corrected chi connectivity index (χ2v) is 11.4. The standard InChI is InChI=1S/C12H20OS5/c1-4-8-14-16-11-7-6-10(3)18(13)12(11)17-15-9-5-2/h4-5,10-12H,1-2,6-9H2,3H3/t10?,11-,12-,18?/m1/s1. The monoisotopic (exact) mass is 340 g/mol. The van der Waals surface area contributed by atoms with Crippen molar-refractivity contribution in [1.29, 1.82) is 0 Å². The van der Waals surface area contributed by atoms with Gasteiger partial charge < -0.3 is 0 Å². The van der Waals surface area contributed by atoms with Crippen molar-refractivity contribution in [3.8, 4) is 0 Å². The van der Waals surface area contributed by atoms with Crippen LogP contribution in [0.2, 0.25) is 0 Å². The topological polar surface area (TPSA) is 17.1 Å². The van der Waals surface area contributed by atoms with E-state index in [1.165, 1.54) is 6.42 Å². The van der Waals surface area contributed by atoms with E-state index < -0.39 is 10.8 Å². The van der Waals surface area contributed by atoms with Crippen LogP contribution >= 0.6 is 43.2 Å². The van der Waals surface area contributed by atoms with E-state index in [9.17, 15) is 4.21 Å². The van der Waals surface area contributed by atoms with Gasteiger partial charge in [0.2, 0.25) is 0 Å². The summed E-state index contributed by atoms with van der Waals surface area (Å²) < 4.78 is 12.6. The Labute approximate surface area is 129 Å². The Balaban J connectivity index is 2.51. The minimum absolute atomic E-state index is 0.251. The highest BCUT2D eigenvalue weighted by Gasteiger charge is 2.36. The molecule has 0 aliphatic carbocycles. The SMILES string of the molecule is C=CCSS[C@@H]1CCC(C)S(=O)[C@H]1SSCC=C. The fraction of sp³-hybridized carbons (Fsp3) is 0.667. The molecule has 4 atom stereocenters. The van der Waals surface area contributed by atoms with Crippen molar-refractivity contribution in [3.05, 3.63) is 25.3 Å². The molecule has 0 bridgehead atoms. The molecule has 2 unspecified atom stereocenters. The quantitative estimate of drug-likeness (QED) is 0.359. The van der Waals surface area contributed by atoms with Gasteiger partial charge in [-0.2, -0.15) is 0 Å². The predicted molar refractivity (Wildman–Crippen MR) is 94.9 cm³/mol. The van der Waals surface area contributed by atoms with Gasteiger partial charge in [-0.15, -0.1) is 13.2 Å². The van der Waals surface area contributed by atoms with E-state index in [0.29, 0.717) is 10.5 Å². The van der Waals surface area contributed by atoms with Gasteiger partial charge in [-0.1, -0.05) is 62.3 Å². The molecule has 1 fully saturated rings. The van der Waals surface area contributed by atoms with Gasteiger partial charge in [-0.05, 0) is 12.8 Å². The van der Waals surface area contributed by atoms with Crippen molar-refractivity contribution in [3.63, 3.8) is 0 Å². The molecule has 104 valence electrons. The first-order valence-corrected chi connectivity index (χ1v) is 11.9. The molecule has 0 saturated carbocycles. The molecule has 0 aromatic rings. The molecule has 1 saturated heterocycles. The second-order valence-electron chi connectivity index (χ2n) is 3.96. The molecule has 0 radical (unpaired) electrons. The zero-order valence-corrected chi connectivity index (χ0v) is 14.7. The molecule has 0 aromatic carbocycles. The van der Waals surface area contributed by atoms with Crippen LogP contribution in [0.25, 0.3) is 0 Å². The molecule has 1 rings (SSSR count). The van der Waals surface area contributed by atoms with Crippen LogP contribution in [0, 0.1) is 0 Å². The van der Waals surface area contributed by atoms with Crippen molar-refractivity contribution in [1.82, 2.24) is 0 Å². The van der Waals surface area contributed by atoms with E-state index in [0.717, 1.165) is 17.9 Å². The first-order chi connectivity index (χ1) is 8.70. The van der Waals surface area contributed by atoms with Crippen LogP contribution in [-0.2, 0) is 10.8 Å². The van der Waals surface area contributed by atoms with Gasteiger partial charge in [-0.25, -0.2) is 0 Å². The van der Waals surface area contributed by atoms with E-state index in [1.807, 2.05) is 33.7 Å². The van der Waals surface area contributed by atoms with Crippen molar-refractivity contribution >= 4 is 54.0 Å². The average molecular weight is 341 g/mol. The van der Waals surface area contributed by atoms with Crippen LogP contribution in [0.15, 0.2) is 25.3 Å². The Bertz CT molecular complexity index is 294. The second kappa shape index (κ2) is 9.86. The third kappa shape index (κ3) is 5.57. The lowest BCUT2D eigenvalue weighted by Crippen LogP contribution is -2.35. The van der Waals surface area contributed by atoms with Gasteiger partial charge in [0.1, 0.15) is 4.58 Å². The molecular weight excluding hydrogens is 320 g/mol. The van der Waals surface area contributed by atoms with Crippen LogP contribution in [-0.4, -0.2) is 30.8 Å². The minimum Gasteiger partial charge on any atom is -0.258 e. The Morgan fingerprint density at radius 2 is 1.78 bits per heavy atom. The van der Waals surface area contributed by atoms with Crippen LogP contribution in [0.5, 0.6) is 0 Å². The Kier molecular flexibility index (Phi) is 9.36. The molecule has 1 heterocycles. The first-order valence-electron chi connectivity index (χ1n) is 5.88. The molecule has 1 nitrogen and oxygen atoms in total. The van der Waals surface area contributed by atoms with E-state index in [-0.39, 0.29) is 4.58 Å². The zero-order chi connectivity index (χ0) is 13.4. The maximum Gasteiger partial charge on any atom is 0.103 e. The predicted octanol–water partition coefficient (Wildman–Crippen LogP) is 4.75. The third-order valence-electron chi connectivity index (χ3n) is 2.51. The normalized spacial score (nSPS) is 32.1. The first kappa shape index (κ1) is 17.1. The molecule has 0 amide bonds. The fourth-order valence-corrected chi connectivity index (χ4v) is 10.6. The van der Waals surface area contributed by atoms with Crippen molar-refractivity contribution in [2.75, 3.05) is 11.5 Å². The highest BCUT2D eigenvalue weighted by Crippen LogP contribution is 2.45. The molecular formula is C12H20OS5. The molecule has 1 aliphatic heterocycles. The summed E-state index contributed by atoms with van der Waals surface area (Å²) in [7, 11) is 6.56. The van der Waals surface area contributed by atoms with E-state index in [2.05, 4.69) is 20.1 Å². The molecule has 0 spiro atoms. The van der Waals surface area contributed by atoms with Crippen molar-refractivity contribution in [2.24, 2.45) is 0 Å². The summed E-state index contributed by atoms with van der Waals surface area (Å²) in [6, 6.07) is 0. The molecule has 1 aliphatic rings. The van der Waals surface area contributed by atoms with Crippen LogP contribution in [0.1, 0.15) is 19.8 Å². The third-order valence-corrected chi connectivity index (χ3v) is 11.2. The summed E-state index contributed by atoms with van der Waals surface area (Å²) in [4.78, 5) is 0. The lowest BCUT2D eigenvalue weighted by atomic mass is 10.2. The van der Waals surface area contributed by atoms with E-state index in [1.54, 1.807) is 21.6 Å². The average Bonchev–Trinajstić information content (AvgIpc) is 2.37. The molecule has 0 N–H and O–H groups in total. The maximum atomic E-state index is 12.4. The summed E-state index contributed by atoms with van der Waals surface area (Å²) in [6.45, 7) is 9.57. The van der Waals surface area contributed by atoms with E-state index in [4.69, 9.17) is 0 Å². The van der Waals surface area contributed by atoms with Gasteiger partial charge >= 0.3 is 0 Å². The Morgan fingerprint density at radius 3 is 2.39 bits per heavy atom. The van der Waals surface area contributed by atoms with Crippen LogP contribution < -0.4 is 0 Å². The van der Waals surface area contributed by atoms with Crippen LogP contribution in [0.4, 0.5) is 0 Å². The summed E-state index contributed by atoms with van der Waals surface area (Å²) in [5.41, 5.74) is 0. The Hall–Kier alpha value is 1.03. The van der Waals surface area contributed by atoms with E-state index >= 15 is 0 Å². The zero-order valence-electron chi connectivity index (χ0n) is 10.6. The van der Waals surface area contributed by atoms with Crippen molar-refractivity contribution in [2.45, 2.75) is 34.8 Å². The summed E-state index contributed by atoms with van der Waals surface area (Å²) in [6.07, 6.45) is 6.09. The van der Waals surface area contributed by atoms with Gasteiger partial charge in [0.25, 0.3) is 0 Å². The lowest BCUT2D eigenvalue weighted by molar-refractivity contribution is 0.622. The largest absolute Gasteiger partial charge is 0.258 e. The lowest BCUT2D eigenvalue weighted by Gasteiger charge is -2.32. The smallest absolute Gasteiger partial charge is 0.103 e. The summed E-state index contributed by atoms with van der Waals surface area (Å²) in [5.74, 6) is 1.88.